The van der Waals surface area contributed by atoms with Gasteiger partial charge in [0.1, 0.15) is 5.57 Å². The fraction of sp³-hybridized carbons (Fsp3) is 0.133. The van der Waals surface area contributed by atoms with Crippen LogP contribution in [-0.4, -0.2) is 20.2 Å². The molecule has 2 aromatic carbocycles. The molecule has 0 unspecified atom stereocenters. The Morgan fingerprint density at radius 1 is 1.14 bits per heavy atom. The average Bonchev–Trinajstić information content (AvgIpc) is 2.46. The minimum absolute atomic E-state index is 0.0505. The third kappa shape index (κ3) is 2.97. The zero-order valence-electron chi connectivity index (χ0n) is 11.2. The van der Waals surface area contributed by atoms with E-state index in [1.807, 2.05) is 0 Å². The summed E-state index contributed by atoms with van der Waals surface area (Å²) in [5.74, 6) is -1.35. The lowest BCUT2D eigenvalue weighted by atomic mass is 10.0. The van der Waals surface area contributed by atoms with E-state index in [4.69, 9.17) is 16.3 Å². The van der Waals surface area contributed by atoms with Gasteiger partial charge < -0.3 is 9.47 Å². The lowest BCUT2D eigenvalue weighted by Crippen LogP contribution is -2.04. The molecule has 0 aliphatic carbocycles. The molecule has 2 rings (SSSR count). The predicted octanol–water partition coefficient (Wildman–Crippen LogP) is 4.04. The van der Waals surface area contributed by atoms with Crippen molar-refractivity contribution >= 4 is 33.9 Å². The maximum Gasteiger partial charge on any atom is 0.342 e. The molecular weight excluding hydrogens is 302 g/mol. The van der Waals surface area contributed by atoms with Crippen molar-refractivity contribution in [1.82, 2.24) is 0 Å². The quantitative estimate of drug-likeness (QED) is 0.634. The van der Waals surface area contributed by atoms with Crippen molar-refractivity contribution in [2.75, 3.05) is 14.2 Å². The van der Waals surface area contributed by atoms with Crippen LogP contribution < -0.4 is 4.74 Å². The molecule has 0 aliphatic rings. The van der Waals surface area contributed by atoms with Crippen LogP contribution in [0.3, 0.4) is 0 Å². The maximum absolute atomic E-state index is 13.6. The van der Waals surface area contributed by atoms with E-state index in [0.717, 1.165) is 7.11 Å². The molecule has 0 saturated heterocycles. The number of hydrogen-bond acceptors (Lipinski definition) is 3. The molecule has 0 aliphatic heterocycles. The van der Waals surface area contributed by atoms with Crippen LogP contribution in [0.2, 0.25) is 0 Å². The lowest BCUT2D eigenvalue weighted by Gasteiger charge is -2.08. The van der Waals surface area contributed by atoms with Crippen molar-refractivity contribution in [3.8, 4) is 5.75 Å². The summed E-state index contributed by atoms with van der Waals surface area (Å²) >= 11 is 5.31. The minimum atomic E-state index is -1.17. The molecule has 0 heterocycles. The van der Waals surface area contributed by atoms with Crippen molar-refractivity contribution in [2.45, 2.75) is 0 Å². The van der Waals surface area contributed by atoms with Gasteiger partial charge in [-0.05, 0) is 34.5 Å². The molecule has 110 valence electrons. The summed E-state index contributed by atoms with van der Waals surface area (Å²) in [6, 6.07) is 7.26. The molecule has 3 nitrogen and oxygen atoms in total. The minimum Gasteiger partial charge on any atom is -0.494 e. The summed E-state index contributed by atoms with van der Waals surface area (Å²) in [5.41, 5.74) is -0.153. The monoisotopic (exact) mass is 312 g/mol. The van der Waals surface area contributed by atoms with E-state index in [0.29, 0.717) is 10.8 Å². The number of carbonyl (C=O) groups is 1. The van der Waals surface area contributed by atoms with Crippen LogP contribution in [0.25, 0.3) is 16.3 Å². The summed E-state index contributed by atoms with van der Waals surface area (Å²) in [4.78, 5) is 11.6. The maximum atomic E-state index is 13.6. The first-order chi connectivity index (χ1) is 9.97. The molecule has 0 N–H and O–H groups in total. The second-order valence-corrected chi connectivity index (χ2v) is 4.51. The Bertz CT molecular complexity index is 737. The molecule has 21 heavy (non-hydrogen) atoms. The number of methoxy groups -OCH3 is 2. The number of rotatable bonds is 3. The Hall–Kier alpha value is -2.14. The van der Waals surface area contributed by atoms with E-state index >= 15 is 0 Å². The van der Waals surface area contributed by atoms with Crippen molar-refractivity contribution in [2.24, 2.45) is 0 Å². The fourth-order valence-corrected chi connectivity index (χ4v) is 2.15. The second kappa shape index (κ2) is 6.10. The molecule has 0 amide bonds. The summed E-state index contributed by atoms with van der Waals surface area (Å²) in [7, 11) is 2.47. The Labute approximate surface area is 124 Å². The second-order valence-electron chi connectivity index (χ2n) is 4.18. The average molecular weight is 313 g/mol. The Morgan fingerprint density at radius 3 is 2.43 bits per heavy atom. The standard InChI is InChI=1S/C15H11ClF2O3/c1-20-12-7-10-5-9(4-3-8(10)6-11(12)17)13(14(16)18)15(19)21-2/h3-7H,1-2H3. The number of halogens is 3. The van der Waals surface area contributed by atoms with E-state index in [1.54, 1.807) is 6.07 Å². The smallest absolute Gasteiger partial charge is 0.342 e. The van der Waals surface area contributed by atoms with Gasteiger partial charge in [-0.15, -0.1) is 0 Å². The predicted molar refractivity (Wildman–Crippen MR) is 76.4 cm³/mol. The van der Waals surface area contributed by atoms with Crippen LogP contribution in [0.1, 0.15) is 5.56 Å². The van der Waals surface area contributed by atoms with Crippen LogP contribution in [-0.2, 0) is 9.53 Å². The van der Waals surface area contributed by atoms with Crippen LogP contribution in [0, 0.1) is 5.82 Å². The molecule has 0 bridgehead atoms. The van der Waals surface area contributed by atoms with Gasteiger partial charge in [0.05, 0.1) is 14.2 Å². The van der Waals surface area contributed by atoms with Crippen molar-refractivity contribution < 1.29 is 23.0 Å². The van der Waals surface area contributed by atoms with E-state index in [1.165, 1.54) is 31.4 Å². The van der Waals surface area contributed by atoms with Crippen molar-refractivity contribution in [1.29, 1.82) is 0 Å². The van der Waals surface area contributed by atoms with Gasteiger partial charge in [0.15, 0.2) is 11.6 Å². The van der Waals surface area contributed by atoms with Crippen LogP contribution in [0.15, 0.2) is 35.6 Å². The largest absolute Gasteiger partial charge is 0.494 e. The van der Waals surface area contributed by atoms with Gasteiger partial charge in [0.25, 0.3) is 0 Å². The van der Waals surface area contributed by atoms with E-state index in [9.17, 15) is 13.6 Å². The third-order valence-corrected chi connectivity index (χ3v) is 3.17. The zero-order chi connectivity index (χ0) is 15.6. The van der Waals surface area contributed by atoms with Gasteiger partial charge in [-0.25, -0.2) is 9.18 Å². The first-order valence-electron chi connectivity index (χ1n) is 5.89. The van der Waals surface area contributed by atoms with Crippen LogP contribution >= 0.6 is 11.6 Å². The van der Waals surface area contributed by atoms with Gasteiger partial charge in [0.2, 0.25) is 5.29 Å². The van der Waals surface area contributed by atoms with Gasteiger partial charge in [-0.3, -0.25) is 0 Å². The number of carbonyl (C=O) groups excluding carboxylic acids is 1. The first kappa shape index (κ1) is 15.3. The number of fused-ring (bicyclic) bond motifs is 1. The molecular formula is C15H11ClF2O3. The highest BCUT2D eigenvalue weighted by atomic mass is 35.5. The van der Waals surface area contributed by atoms with Gasteiger partial charge in [-0.2, -0.15) is 4.39 Å². The number of benzene rings is 2. The first-order valence-corrected chi connectivity index (χ1v) is 6.27. The summed E-state index contributed by atoms with van der Waals surface area (Å²) in [6.07, 6.45) is 0. The highest BCUT2D eigenvalue weighted by Gasteiger charge is 2.18. The van der Waals surface area contributed by atoms with Gasteiger partial charge >= 0.3 is 5.97 Å². The molecule has 0 radical (unpaired) electrons. The molecule has 0 atom stereocenters. The molecule has 2 aromatic rings. The van der Waals surface area contributed by atoms with Crippen LogP contribution in [0.4, 0.5) is 8.78 Å². The Morgan fingerprint density at radius 2 is 1.86 bits per heavy atom. The molecule has 6 heteroatoms. The Kier molecular flexibility index (Phi) is 4.43. The molecule has 0 fully saturated rings. The van der Waals surface area contributed by atoms with Gasteiger partial charge in [0, 0.05) is 0 Å². The van der Waals surface area contributed by atoms with Crippen molar-refractivity contribution in [3.05, 3.63) is 47.0 Å². The summed E-state index contributed by atoms with van der Waals surface area (Å²) in [6.45, 7) is 0. The zero-order valence-corrected chi connectivity index (χ0v) is 12.0. The van der Waals surface area contributed by atoms with E-state index < -0.39 is 17.1 Å². The molecule has 0 aromatic heterocycles. The topological polar surface area (TPSA) is 35.5 Å². The summed E-state index contributed by atoms with van der Waals surface area (Å²) < 4.78 is 36.3. The third-order valence-electron chi connectivity index (χ3n) is 2.98. The molecule has 0 saturated carbocycles. The highest BCUT2D eigenvalue weighted by molar-refractivity contribution is 6.37. The SMILES string of the molecule is COC(=O)C(=C(F)Cl)c1ccc2cc(F)c(OC)cc2c1. The highest BCUT2D eigenvalue weighted by Crippen LogP contribution is 2.30. The normalized spacial score (nSPS) is 12.0. The number of ether oxygens (including phenoxy) is 2. The molecule has 0 spiro atoms. The number of esters is 1. The van der Waals surface area contributed by atoms with Crippen LogP contribution in [0.5, 0.6) is 5.75 Å². The number of hydrogen-bond donors (Lipinski definition) is 0. The summed E-state index contributed by atoms with van der Waals surface area (Å²) in [5, 5.41) is -0.0170. The fourth-order valence-electron chi connectivity index (χ4n) is 1.97. The Balaban J connectivity index is 2.64. The lowest BCUT2D eigenvalue weighted by molar-refractivity contribution is -0.133. The van der Waals surface area contributed by atoms with E-state index in [-0.39, 0.29) is 16.9 Å². The van der Waals surface area contributed by atoms with Gasteiger partial charge in [-0.1, -0.05) is 23.7 Å². The van der Waals surface area contributed by atoms with Crippen molar-refractivity contribution in [3.63, 3.8) is 0 Å². The van der Waals surface area contributed by atoms with E-state index in [2.05, 4.69) is 4.74 Å².